The monoisotopic (exact) mass is 379 g/mol. The molecule has 142 valence electrons. The van der Waals surface area contributed by atoms with Gasteiger partial charge in [0.1, 0.15) is 12.9 Å². The summed E-state index contributed by atoms with van der Waals surface area (Å²) in [5, 5.41) is 11.4. The van der Waals surface area contributed by atoms with Crippen LogP contribution in [0.3, 0.4) is 0 Å². The van der Waals surface area contributed by atoms with E-state index < -0.39 is 0 Å². The van der Waals surface area contributed by atoms with Gasteiger partial charge in [0, 0.05) is 31.6 Å². The van der Waals surface area contributed by atoms with E-state index in [2.05, 4.69) is 20.5 Å². The Labute approximate surface area is 157 Å². The number of amides is 1. The van der Waals surface area contributed by atoms with Crippen molar-refractivity contribution in [3.8, 4) is 5.88 Å². The van der Waals surface area contributed by atoms with E-state index in [1.807, 2.05) is 32.4 Å². The molecule has 2 aromatic rings. The molecule has 2 rings (SSSR count). The molecular weight excluding hydrogens is 354 g/mol. The first kappa shape index (κ1) is 20.2. The molecule has 0 atom stereocenters. The Hall–Kier alpha value is -2.13. The molecule has 8 nitrogen and oxygen atoms in total. The maximum absolute atomic E-state index is 12.1. The van der Waals surface area contributed by atoms with Gasteiger partial charge in [0.2, 0.25) is 5.88 Å². The van der Waals surface area contributed by atoms with E-state index in [4.69, 9.17) is 9.47 Å². The minimum Gasteiger partial charge on any atom is -0.475 e. The van der Waals surface area contributed by atoms with Gasteiger partial charge >= 0.3 is 0 Å². The second-order valence-corrected chi connectivity index (χ2v) is 7.59. The van der Waals surface area contributed by atoms with Crippen molar-refractivity contribution in [2.75, 3.05) is 25.5 Å². The van der Waals surface area contributed by atoms with Crippen molar-refractivity contribution >= 4 is 17.7 Å². The van der Waals surface area contributed by atoms with Crippen molar-refractivity contribution in [3.05, 3.63) is 30.2 Å². The first-order valence-electron chi connectivity index (χ1n) is 8.33. The fourth-order valence-corrected chi connectivity index (χ4v) is 2.65. The van der Waals surface area contributed by atoms with Gasteiger partial charge in [0.15, 0.2) is 5.16 Å². The van der Waals surface area contributed by atoms with Crippen LogP contribution in [0.15, 0.2) is 29.8 Å². The average Bonchev–Trinajstić information content (AvgIpc) is 3.00. The van der Waals surface area contributed by atoms with Gasteiger partial charge in [-0.25, -0.2) is 4.98 Å². The van der Waals surface area contributed by atoms with Crippen molar-refractivity contribution in [1.82, 2.24) is 25.1 Å². The fourth-order valence-electron chi connectivity index (χ4n) is 1.91. The lowest BCUT2D eigenvalue weighted by Gasteiger charge is -2.19. The number of hydrogen-bond acceptors (Lipinski definition) is 7. The number of ether oxygens (including phenoxy) is 2. The van der Waals surface area contributed by atoms with Gasteiger partial charge in [0.05, 0.1) is 17.8 Å². The molecule has 26 heavy (non-hydrogen) atoms. The largest absolute Gasteiger partial charge is 0.475 e. The number of pyridine rings is 1. The highest BCUT2D eigenvalue weighted by molar-refractivity contribution is 7.99. The van der Waals surface area contributed by atoms with Crippen LogP contribution in [-0.2, 0) is 11.8 Å². The van der Waals surface area contributed by atoms with Gasteiger partial charge in [-0.2, -0.15) is 0 Å². The average molecular weight is 379 g/mol. The molecular formula is C17H25N5O3S. The lowest BCUT2D eigenvalue weighted by molar-refractivity contribution is -0.0168. The molecule has 0 aromatic carbocycles. The number of carbonyl (C=O) groups excluding carboxylic acids is 1. The van der Waals surface area contributed by atoms with Crippen molar-refractivity contribution in [3.63, 3.8) is 0 Å². The quantitative estimate of drug-likeness (QED) is 0.526. The molecule has 9 heteroatoms. The lowest BCUT2D eigenvalue weighted by Crippen LogP contribution is -2.26. The van der Waals surface area contributed by atoms with Crippen molar-refractivity contribution in [2.45, 2.75) is 31.5 Å². The van der Waals surface area contributed by atoms with E-state index in [9.17, 15) is 4.79 Å². The zero-order chi connectivity index (χ0) is 19.0. The molecule has 0 aliphatic carbocycles. The van der Waals surface area contributed by atoms with E-state index in [0.29, 0.717) is 37.0 Å². The normalized spacial score (nSPS) is 11.4. The molecule has 0 saturated heterocycles. The summed E-state index contributed by atoms with van der Waals surface area (Å²) in [5.74, 6) is 1.01. The van der Waals surface area contributed by atoms with Gasteiger partial charge in [0.25, 0.3) is 5.91 Å². The van der Waals surface area contributed by atoms with Crippen LogP contribution in [0, 0.1) is 0 Å². The molecule has 2 heterocycles. The highest BCUT2D eigenvalue weighted by Crippen LogP contribution is 2.12. The Balaban J connectivity index is 1.68. The van der Waals surface area contributed by atoms with Crippen molar-refractivity contribution in [2.24, 2.45) is 7.05 Å². The number of hydrogen-bond donors (Lipinski definition) is 1. The third-order valence-corrected chi connectivity index (χ3v) is 4.19. The summed E-state index contributed by atoms with van der Waals surface area (Å²) in [4.78, 5) is 16.2. The van der Waals surface area contributed by atoms with Gasteiger partial charge in [-0.05, 0) is 26.8 Å². The number of aryl methyl sites for hydroxylation is 1. The Morgan fingerprint density at radius 3 is 2.73 bits per heavy atom. The maximum atomic E-state index is 12.1. The Morgan fingerprint density at radius 2 is 2.12 bits per heavy atom. The zero-order valence-corrected chi connectivity index (χ0v) is 16.4. The molecule has 0 radical (unpaired) electrons. The molecule has 0 unspecified atom stereocenters. The van der Waals surface area contributed by atoms with Crippen molar-refractivity contribution in [1.29, 1.82) is 0 Å². The molecule has 0 bridgehead atoms. The summed E-state index contributed by atoms with van der Waals surface area (Å²) in [5.41, 5.74) is 0.302. The number of rotatable bonds is 9. The molecule has 2 aromatic heterocycles. The molecule has 0 fully saturated rings. The highest BCUT2D eigenvalue weighted by Gasteiger charge is 2.10. The molecule has 0 aliphatic heterocycles. The van der Waals surface area contributed by atoms with Crippen LogP contribution in [-0.4, -0.2) is 56.8 Å². The van der Waals surface area contributed by atoms with Gasteiger partial charge in [-0.3, -0.25) is 4.79 Å². The predicted molar refractivity (Wildman–Crippen MR) is 99.5 cm³/mol. The van der Waals surface area contributed by atoms with Crippen LogP contribution >= 0.6 is 11.8 Å². The van der Waals surface area contributed by atoms with E-state index >= 15 is 0 Å². The standard InChI is InChI=1S/C17H25N5O3S/c1-17(2,3)25-9-8-24-14-6-5-13(11-19-14)15(23)18-7-10-26-16-21-20-12-22(16)4/h5-6,11-12H,7-10H2,1-4H3,(H,18,23). The van der Waals surface area contributed by atoms with E-state index in [0.717, 1.165) is 5.16 Å². The zero-order valence-electron chi connectivity index (χ0n) is 15.6. The predicted octanol–water partition coefficient (Wildman–Crippen LogP) is 1.93. The van der Waals surface area contributed by atoms with Gasteiger partial charge in [-0.15, -0.1) is 10.2 Å². The first-order chi connectivity index (χ1) is 12.3. The summed E-state index contributed by atoms with van der Waals surface area (Å²) < 4.78 is 12.9. The summed E-state index contributed by atoms with van der Waals surface area (Å²) in [6, 6.07) is 3.37. The number of nitrogens with zero attached hydrogens (tertiary/aromatic N) is 4. The van der Waals surface area contributed by atoms with Crippen LogP contribution < -0.4 is 10.1 Å². The van der Waals surface area contributed by atoms with Crippen LogP contribution in [0.2, 0.25) is 0 Å². The first-order valence-corrected chi connectivity index (χ1v) is 9.31. The summed E-state index contributed by atoms with van der Waals surface area (Å²) in [6.45, 7) is 7.39. The molecule has 1 N–H and O–H groups in total. The second-order valence-electron chi connectivity index (χ2n) is 6.52. The van der Waals surface area contributed by atoms with Gasteiger partial charge in [-0.1, -0.05) is 11.8 Å². The van der Waals surface area contributed by atoms with Crippen LogP contribution in [0.5, 0.6) is 5.88 Å². The smallest absolute Gasteiger partial charge is 0.252 e. The number of nitrogens with one attached hydrogen (secondary N) is 1. The van der Waals surface area contributed by atoms with Crippen molar-refractivity contribution < 1.29 is 14.3 Å². The van der Waals surface area contributed by atoms with E-state index in [-0.39, 0.29) is 11.5 Å². The van der Waals surface area contributed by atoms with E-state index in [1.54, 1.807) is 18.5 Å². The number of thioether (sulfide) groups is 1. The Bertz CT molecular complexity index is 697. The lowest BCUT2D eigenvalue weighted by atomic mass is 10.2. The summed E-state index contributed by atoms with van der Waals surface area (Å²) >= 11 is 1.53. The summed E-state index contributed by atoms with van der Waals surface area (Å²) in [7, 11) is 1.88. The highest BCUT2D eigenvalue weighted by atomic mass is 32.2. The topological polar surface area (TPSA) is 91.2 Å². The molecule has 1 amide bonds. The van der Waals surface area contributed by atoms with Crippen LogP contribution in [0.25, 0.3) is 0 Å². The number of aromatic nitrogens is 4. The minimum absolute atomic E-state index is 0.168. The maximum Gasteiger partial charge on any atom is 0.252 e. The number of carbonyl (C=O) groups is 1. The van der Waals surface area contributed by atoms with Gasteiger partial charge < -0.3 is 19.4 Å². The third-order valence-electron chi connectivity index (χ3n) is 3.16. The SMILES string of the molecule is Cn1cnnc1SCCNC(=O)c1ccc(OCCOC(C)(C)C)nc1. The fraction of sp³-hybridized carbons (Fsp3) is 0.529. The Morgan fingerprint density at radius 1 is 1.31 bits per heavy atom. The molecule has 0 spiro atoms. The van der Waals surface area contributed by atoms with Crippen LogP contribution in [0.4, 0.5) is 0 Å². The van der Waals surface area contributed by atoms with E-state index in [1.165, 1.54) is 18.0 Å². The Kier molecular flexibility index (Phi) is 7.40. The summed E-state index contributed by atoms with van der Waals surface area (Å²) in [6.07, 6.45) is 3.15. The molecule has 0 saturated carbocycles. The minimum atomic E-state index is -0.191. The second kappa shape index (κ2) is 9.54. The van der Waals surface area contributed by atoms with Crippen LogP contribution in [0.1, 0.15) is 31.1 Å². The third kappa shape index (κ3) is 7.01. The molecule has 0 aliphatic rings.